The third kappa shape index (κ3) is 7.28. The molecule has 0 amide bonds. The van der Waals surface area contributed by atoms with Gasteiger partial charge in [0, 0.05) is 44.4 Å². The Hall–Kier alpha value is -7.36. The van der Waals surface area contributed by atoms with Crippen molar-refractivity contribution in [1.29, 1.82) is 0 Å². The van der Waals surface area contributed by atoms with Crippen molar-refractivity contribution in [3.63, 3.8) is 0 Å². The molecule has 11 aromatic rings. The van der Waals surface area contributed by atoms with Gasteiger partial charge in [-0.1, -0.05) is 204 Å². The van der Waals surface area contributed by atoms with Crippen molar-refractivity contribution in [2.75, 3.05) is 4.90 Å². The van der Waals surface area contributed by atoms with Gasteiger partial charge in [-0.25, -0.2) is 0 Å². The molecular formula is C71H67BN2. The summed E-state index contributed by atoms with van der Waals surface area (Å²) in [5.74, 6) is 0.347. The fourth-order valence-corrected chi connectivity index (χ4v) is 12.8. The van der Waals surface area contributed by atoms with Crippen LogP contribution in [0.5, 0.6) is 0 Å². The second-order valence-electron chi connectivity index (χ2n) is 25.2. The second kappa shape index (κ2) is 16.6. The van der Waals surface area contributed by atoms with Crippen molar-refractivity contribution in [3.05, 3.63) is 220 Å². The zero-order valence-corrected chi connectivity index (χ0v) is 45.2. The predicted octanol–water partition coefficient (Wildman–Crippen LogP) is 17.9. The largest absolute Gasteiger partial charge is 0.375 e. The van der Waals surface area contributed by atoms with Crippen LogP contribution < -0.4 is 15.8 Å². The lowest BCUT2D eigenvalue weighted by molar-refractivity contribution is 0.588. The van der Waals surface area contributed by atoms with Crippen LogP contribution in [0.2, 0.25) is 0 Å². The number of hydrogen-bond donors (Lipinski definition) is 0. The van der Waals surface area contributed by atoms with Crippen LogP contribution in [0.4, 0.5) is 17.1 Å². The number of nitrogens with zero attached hydrogens (tertiary/aromatic N) is 2. The van der Waals surface area contributed by atoms with Gasteiger partial charge in [0.1, 0.15) is 0 Å². The van der Waals surface area contributed by atoms with Crippen molar-refractivity contribution >= 4 is 89.0 Å². The van der Waals surface area contributed by atoms with Crippen LogP contribution in [-0.2, 0) is 29.1 Å². The van der Waals surface area contributed by atoms with Crippen LogP contribution in [0, 0.1) is 0 Å². The summed E-state index contributed by atoms with van der Waals surface area (Å²) in [6.07, 6.45) is 1.66. The molecule has 2 nitrogen and oxygen atoms in total. The van der Waals surface area contributed by atoms with Crippen LogP contribution in [0.1, 0.15) is 127 Å². The topological polar surface area (TPSA) is 8.17 Å². The smallest absolute Gasteiger partial charge is 0.333 e. The van der Waals surface area contributed by atoms with Crippen molar-refractivity contribution in [3.8, 4) is 11.1 Å². The van der Waals surface area contributed by atoms with Gasteiger partial charge in [-0.15, -0.1) is 0 Å². The molecule has 3 heteroatoms. The first-order chi connectivity index (χ1) is 35.4. The Morgan fingerprint density at radius 3 is 1.61 bits per heavy atom. The molecule has 0 radical (unpaired) electrons. The highest BCUT2D eigenvalue weighted by molar-refractivity contribution is 6.90. The van der Waals surface area contributed by atoms with Gasteiger partial charge < -0.3 is 9.38 Å². The fraction of sp³-hybridized carbons (Fsp3) is 0.239. The van der Waals surface area contributed by atoms with Crippen LogP contribution in [0.3, 0.4) is 0 Å². The molecule has 0 spiro atoms. The lowest BCUT2D eigenvalue weighted by Gasteiger charge is -2.42. The molecule has 13 rings (SSSR count). The highest BCUT2D eigenvalue weighted by atomic mass is 15.2. The Balaban J connectivity index is 1.25. The Morgan fingerprint density at radius 1 is 0.446 bits per heavy atom. The first kappa shape index (κ1) is 46.4. The Morgan fingerprint density at radius 2 is 1.00 bits per heavy atom. The third-order valence-electron chi connectivity index (χ3n) is 16.8. The Bertz CT molecular complexity index is 4100. The molecule has 0 saturated carbocycles. The summed E-state index contributed by atoms with van der Waals surface area (Å²) in [4.78, 5) is 2.70. The fourth-order valence-electron chi connectivity index (χ4n) is 12.8. The van der Waals surface area contributed by atoms with Crippen molar-refractivity contribution in [1.82, 2.24) is 4.48 Å². The van der Waals surface area contributed by atoms with Crippen molar-refractivity contribution < 1.29 is 0 Å². The van der Waals surface area contributed by atoms with Gasteiger partial charge in [-0.3, -0.25) is 0 Å². The Labute approximate surface area is 438 Å². The molecule has 0 unspecified atom stereocenters. The average Bonchev–Trinajstić information content (AvgIpc) is 3.73. The molecule has 2 aliphatic heterocycles. The highest BCUT2D eigenvalue weighted by Crippen LogP contribution is 2.51. The average molecular weight is 959 g/mol. The van der Waals surface area contributed by atoms with E-state index in [1.54, 1.807) is 0 Å². The minimum Gasteiger partial charge on any atom is -0.375 e. The van der Waals surface area contributed by atoms with Gasteiger partial charge in [-0.2, -0.15) is 0 Å². The number of hydrogen-bond acceptors (Lipinski definition) is 1. The minimum atomic E-state index is -0.113. The maximum absolute atomic E-state index is 2.79. The van der Waals surface area contributed by atoms with E-state index in [1.807, 2.05) is 0 Å². The van der Waals surface area contributed by atoms with E-state index in [0.717, 1.165) is 12.8 Å². The first-order valence-corrected chi connectivity index (χ1v) is 27.1. The molecule has 0 saturated heterocycles. The summed E-state index contributed by atoms with van der Waals surface area (Å²) in [5.41, 5.74) is 22.5. The molecule has 0 N–H and O–H groups in total. The van der Waals surface area contributed by atoms with E-state index in [4.69, 9.17) is 0 Å². The summed E-state index contributed by atoms with van der Waals surface area (Å²) < 4.78 is 2.79. The summed E-state index contributed by atoms with van der Waals surface area (Å²) in [6.45, 7) is 25.9. The van der Waals surface area contributed by atoms with Gasteiger partial charge in [0.2, 0.25) is 0 Å². The van der Waals surface area contributed by atoms with E-state index in [0.29, 0.717) is 5.92 Å². The molecule has 0 fully saturated rings. The Kier molecular flexibility index (Phi) is 10.4. The van der Waals surface area contributed by atoms with E-state index >= 15 is 0 Å². The molecule has 10 aromatic carbocycles. The SMILES string of the molecule is CC(C)c1cc(N2c3cc4c(Cc5ccccc5)c5ccccc5c(Cc5ccccc5)c4cc3B3c4c2cc2ccccc2c4-c2cc(C(C)(C)C)cc4c5cc(C(C)(C)C)ccc5n3c24)cc(C(C)(C)C)c1. The minimum absolute atomic E-state index is 0.0116. The molecule has 0 bridgehead atoms. The molecular weight excluding hydrogens is 892 g/mol. The van der Waals surface area contributed by atoms with Gasteiger partial charge in [0.15, 0.2) is 0 Å². The van der Waals surface area contributed by atoms with Crippen LogP contribution >= 0.6 is 0 Å². The zero-order valence-electron chi connectivity index (χ0n) is 45.2. The van der Waals surface area contributed by atoms with E-state index in [1.165, 1.54) is 138 Å². The number of aromatic nitrogens is 1. The zero-order chi connectivity index (χ0) is 51.2. The monoisotopic (exact) mass is 959 g/mol. The van der Waals surface area contributed by atoms with E-state index in [-0.39, 0.29) is 23.1 Å². The molecule has 0 aliphatic carbocycles. The summed E-state index contributed by atoms with van der Waals surface area (Å²) in [6, 6.07) is 68.6. The number of benzene rings is 10. The highest BCUT2D eigenvalue weighted by Gasteiger charge is 2.45. The maximum atomic E-state index is 2.79. The van der Waals surface area contributed by atoms with E-state index < -0.39 is 0 Å². The van der Waals surface area contributed by atoms with Crippen LogP contribution in [0.15, 0.2) is 176 Å². The van der Waals surface area contributed by atoms with Gasteiger partial charge >= 0.3 is 6.85 Å². The number of rotatable bonds is 6. The van der Waals surface area contributed by atoms with E-state index in [9.17, 15) is 0 Å². The maximum Gasteiger partial charge on any atom is 0.333 e. The molecule has 74 heavy (non-hydrogen) atoms. The van der Waals surface area contributed by atoms with Crippen molar-refractivity contribution in [2.24, 2.45) is 0 Å². The predicted molar refractivity (Wildman–Crippen MR) is 321 cm³/mol. The quantitative estimate of drug-likeness (QED) is 0.119. The number of fused-ring (bicyclic) bond motifs is 11. The second-order valence-corrected chi connectivity index (χ2v) is 25.2. The van der Waals surface area contributed by atoms with Crippen molar-refractivity contribution in [2.45, 2.75) is 111 Å². The summed E-state index contributed by atoms with van der Waals surface area (Å²) in [5, 5.41) is 10.6. The molecule has 3 heterocycles. The van der Waals surface area contributed by atoms with Gasteiger partial charge in [0.25, 0.3) is 0 Å². The van der Waals surface area contributed by atoms with Gasteiger partial charge in [0.05, 0.1) is 0 Å². The van der Waals surface area contributed by atoms with Crippen LogP contribution in [-0.4, -0.2) is 11.3 Å². The molecule has 1 aromatic heterocycles. The summed E-state index contributed by atoms with van der Waals surface area (Å²) >= 11 is 0. The lowest BCUT2D eigenvalue weighted by Crippen LogP contribution is -2.56. The number of anilines is 3. The van der Waals surface area contributed by atoms with E-state index in [2.05, 4.69) is 261 Å². The standard InChI is InChI=1S/C71H67BN2/c1-43(2)47-34-49(70(6,7)8)37-51(35-47)73-64-42-58-56(33-45-24-16-13-17-25-45)54-29-21-20-28-53(54)55(32-44-22-14-12-15-23-44)57(58)41-62(64)72-67-65(73)36-46-26-18-19-27-52(46)66(67)61-40-50(71(9,10)11)39-60-59-38-48(69(3,4)5)30-31-63(59)74(72)68(60)61/h12-31,34-43H,32-33H2,1-11H3. The molecule has 364 valence electrons. The molecule has 0 atom stereocenters. The normalized spacial score (nSPS) is 13.5. The first-order valence-electron chi connectivity index (χ1n) is 27.1. The third-order valence-corrected chi connectivity index (χ3v) is 16.8. The molecule has 2 aliphatic rings. The van der Waals surface area contributed by atoms with Gasteiger partial charge in [-0.05, 0) is 177 Å². The lowest BCUT2D eigenvalue weighted by atomic mass is 9.44. The van der Waals surface area contributed by atoms with Crippen LogP contribution in [0.25, 0.3) is 65.3 Å². The summed E-state index contributed by atoms with van der Waals surface area (Å²) in [7, 11) is 0.